The summed E-state index contributed by atoms with van der Waals surface area (Å²) in [6.07, 6.45) is 1.78. The number of hydrogen-bond acceptors (Lipinski definition) is 4. The molecule has 1 aromatic heterocycles. The van der Waals surface area contributed by atoms with Gasteiger partial charge < -0.3 is 5.73 Å². The summed E-state index contributed by atoms with van der Waals surface area (Å²) in [5, 5.41) is 0. The minimum atomic E-state index is -3.35. The van der Waals surface area contributed by atoms with Crippen LogP contribution in [0, 0.1) is 12.8 Å². The molecule has 2 unspecified atom stereocenters. The Labute approximate surface area is 125 Å². The third kappa shape index (κ3) is 3.49. The van der Waals surface area contributed by atoms with Gasteiger partial charge in [-0.2, -0.15) is 4.31 Å². The monoisotopic (exact) mass is 324 g/mol. The summed E-state index contributed by atoms with van der Waals surface area (Å²) >= 11 is 1.33. The van der Waals surface area contributed by atoms with Gasteiger partial charge in [0.1, 0.15) is 4.21 Å². The van der Waals surface area contributed by atoms with E-state index < -0.39 is 10.0 Å². The maximum Gasteiger partial charge on any atom is 0.252 e. The van der Waals surface area contributed by atoms with Crippen LogP contribution in [0.15, 0.2) is 16.3 Å². The fourth-order valence-electron chi connectivity index (χ4n) is 2.43. The molecule has 4 nitrogen and oxygen atoms in total. The van der Waals surface area contributed by atoms with Crippen LogP contribution in [0.2, 0.25) is 0 Å². The van der Waals surface area contributed by atoms with E-state index >= 15 is 0 Å². The first-order valence-corrected chi connectivity index (χ1v) is 8.49. The maximum atomic E-state index is 12.6. The minimum Gasteiger partial charge on any atom is -0.329 e. The van der Waals surface area contributed by atoms with Crippen LogP contribution >= 0.6 is 23.7 Å². The van der Waals surface area contributed by atoms with E-state index in [1.165, 1.54) is 11.3 Å². The fourth-order valence-corrected chi connectivity index (χ4v) is 5.50. The summed E-state index contributed by atoms with van der Waals surface area (Å²) in [7, 11) is -3.35. The van der Waals surface area contributed by atoms with Gasteiger partial charge in [0.25, 0.3) is 10.0 Å². The number of sulfonamides is 1. The van der Waals surface area contributed by atoms with Gasteiger partial charge in [-0.05, 0) is 37.8 Å². The third-order valence-electron chi connectivity index (χ3n) is 3.47. The van der Waals surface area contributed by atoms with Crippen molar-refractivity contribution in [3.63, 3.8) is 0 Å². The highest BCUT2D eigenvalue weighted by Crippen LogP contribution is 2.30. The van der Waals surface area contributed by atoms with E-state index in [4.69, 9.17) is 5.73 Å². The van der Waals surface area contributed by atoms with Crippen LogP contribution in [0.5, 0.6) is 0 Å². The standard InChI is InChI=1S/C12H20N2O2S2.ClH/c1-9-5-6-14(11(7-9)8-13)18(15,16)12-4-3-10(2)17-12;/h3-4,9,11H,5-8,13H2,1-2H3;1H. The van der Waals surface area contributed by atoms with Gasteiger partial charge >= 0.3 is 0 Å². The average molecular weight is 325 g/mol. The van der Waals surface area contributed by atoms with Crippen LogP contribution in [-0.4, -0.2) is 31.9 Å². The predicted octanol–water partition coefficient (Wildman–Crippen LogP) is 2.23. The van der Waals surface area contributed by atoms with Gasteiger partial charge in [0, 0.05) is 24.0 Å². The molecular formula is C12H21ClN2O2S2. The molecule has 0 spiro atoms. The molecule has 2 atom stereocenters. The van der Waals surface area contributed by atoms with E-state index in [2.05, 4.69) is 6.92 Å². The Balaban J connectivity index is 0.00000180. The normalized spacial score (nSPS) is 25.0. The lowest BCUT2D eigenvalue weighted by Crippen LogP contribution is -2.48. The summed E-state index contributed by atoms with van der Waals surface area (Å²) < 4.78 is 27.1. The van der Waals surface area contributed by atoms with Crippen molar-refractivity contribution in [1.82, 2.24) is 4.31 Å². The van der Waals surface area contributed by atoms with Crippen molar-refractivity contribution in [1.29, 1.82) is 0 Å². The highest BCUT2D eigenvalue weighted by molar-refractivity contribution is 7.91. The predicted molar refractivity (Wildman–Crippen MR) is 81.4 cm³/mol. The van der Waals surface area contributed by atoms with E-state index in [0.717, 1.165) is 17.7 Å². The van der Waals surface area contributed by atoms with Crippen LogP contribution < -0.4 is 5.73 Å². The summed E-state index contributed by atoms with van der Waals surface area (Å²) in [6.45, 7) is 5.06. The number of aryl methyl sites for hydroxylation is 1. The summed E-state index contributed by atoms with van der Waals surface area (Å²) in [4.78, 5) is 1.02. The van der Waals surface area contributed by atoms with Crippen LogP contribution in [0.3, 0.4) is 0 Å². The number of hydrogen-bond donors (Lipinski definition) is 1. The molecule has 0 bridgehead atoms. The van der Waals surface area contributed by atoms with Crippen molar-refractivity contribution in [3.8, 4) is 0 Å². The van der Waals surface area contributed by atoms with Crippen LogP contribution in [-0.2, 0) is 10.0 Å². The molecule has 0 radical (unpaired) electrons. The largest absolute Gasteiger partial charge is 0.329 e. The first-order valence-electron chi connectivity index (χ1n) is 6.23. The van der Waals surface area contributed by atoms with E-state index in [0.29, 0.717) is 23.2 Å². The molecule has 1 aliphatic heterocycles. The molecule has 2 rings (SSSR count). The molecule has 0 saturated carbocycles. The number of nitrogens with zero attached hydrogens (tertiary/aromatic N) is 1. The number of thiophene rings is 1. The minimum absolute atomic E-state index is 0. The van der Waals surface area contributed by atoms with Gasteiger partial charge in [-0.1, -0.05) is 6.92 Å². The van der Waals surface area contributed by atoms with Crippen molar-refractivity contribution in [3.05, 3.63) is 17.0 Å². The molecule has 1 fully saturated rings. The zero-order chi connectivity index (χ0) is 13.3. The van der Waals surface area contributed by atoms with Crippen molar-refractivity contribution in [2.75, 3.05) is 13.1 Å². The third-order valence-corrected chi connectivity index (χ3v) is 6.89. The Morgan fingerprint density at radius 3 is 2.68 bits per heavy atom. The van der Waals surface area contributed by atoms with Crippen LogP contribution in [0.4, 0.5) is 0 Å². The topological polar surface area (TPSA) is 63.4 Å². The number of halogens is 1. The lowest BCUT2D eigenvalue weighted by molar-refractivity contribution is 0.211. The van der Waals surface area contributed by atoms with Gasteiger partial charge in [-0.3, -0.25) is 0 Å². The second-order valence-corrected chi connectivity index (χ2v) is 8.41. The molecule has 19 heavy (non-hydrogen) atoms. The molecule has 1 aliphatic rings. The van der Waals surface area contributed by atoms with E-state index in [1.807, 2.05) is 13.0 Å². The smallest absolute Gasteiger partial charge is 0.252 e. The molecule has 1 aromatic rings. The quantitative estimate of drug-likeness (QED) is 0.927. The molecule has 110 valence electrons. The van der Waals surface area contributed by atoms with Gasteiger partial charge in [0.15, 0.2) is 0 Å². The molecule has 0 aliphatic carbocycles. The van der Waals surface area contributed by atoms with Gasteiger partial charge in [-0.25, -0.2) is 8.42 Å². The second kappa shape index (κ2) is 6.54. The van der Waals surface area contributed by atoms with Crippen LogP contribution in [0.25, 0.3) is 0 Å². The maximum absolute atomic E-state index is 12.6. The van der Waals surface area contributed by atoms with Crippen LogP contribution in [0.1, 0.15) is 24.6 Å². The lowest BCUT2D eigenvalue weighted by atomic mass is 9.94. The Kier molecular flexibility index (Phi) is 5.82. The molecular weight excluding hydrogens is 304 g/mol. The Bertz CT molecular complexity index is 516. The van der Waals surface area contributed by atoms with Crippen molar-refractivity contribution >= 4 is 33.8 Å². The highest BCUT2D eigenvalue weighted by Gasteiger charge is 2.35. The van der Waals surface area contributed by atoms with E-state index in [9.17, 15) is 8.42 Å². The molecule has 0 aromatic carbocycles. The van der Waals surface area contributed by atoms with Gasteiger partial charge in [-0.15, -0.1) is 23.7 Å². The van der Waals surface area contributed by atoms with Gasteiger partial charge in [0.2, 0.25) is 0 Å². The summed E-state index contributed by atoms with van der Waals surface area (Å²) in [6, 6.07) is 3.49. The summed E-state index contributed by atoms with van der Waals surface area (Å²) in [5.74, 6) is 0.551. The first kappa shape index (κ1) is 16.9. The zero-order valence-corrected chi connectivity index (χ0v) is 13.7. The highest BCUT2D eigenvalue weighted by atomic mass is 35.5. The number of piperidine rings is 1. The molecule has 1 saturated heterocycles. The fraction of sp³-hybridized carbons (Fsp3) is 0.667. The summed E-state index contributed by atoms with van der Waals surface area (Å²) in [5.41, 5.74) is 5.73. The van der Waals surface area contributed by atoms with Crippen molar-refractivity contribution in [2.24, 2.45) is 11.7 Å². The van der Waals surface area contributed by atoms with E-state index in [-0.39, 0.29) is 18.4 Å². The SMILES string of the molecule is Cc1ccc(S(=O)(=O)N2CCC(C)CC2CN)s1.Cl. The lowest BCUT2D eigenvalue weighted by Gasteiger charge is -2.36. The Hall–Kier alpha value is -0.140. The molecule has 0 amide bonds. The number of rotatable bonds is 3. The van der Waals surface area contributed by atoms with Gasteiger partial charge in [0.05, 0.1) is 0 Å². The molecule has 7 heteroatoms. The Morgan fingerprint density at radius 2 is 2.16 bits per heavy atom. The first-order chi connectivity index (χ1) is 8.45. The number of nitrogens with two attached hydrogens (primary N) is 1. The average Bonchev–Trinajstić information content (AvgIpc) is 2.76. The van der Waals surface area contributed by atoms with Crippen molar-refractivity contribution in [2.45, 2.75) is 36.9 Å². The second-order valence-electron chi connectivity index (χ2n) is 5.00. The zero-order valence-electron chi connectivity index (χ0n) is 11.2. The Morgan fingerprint density at radius 1 is 1.47 bits per heavy atom. The van der Waals surface area contributed by atoms with Crippen molar-refractivity contribution < 1.29 is 8.42 Å². The molecule has 2 heterocycles. The van der Waals surface area contributed by atoms with E-state index in [1.54, 1.807) is 10.4 Å². The molecule has 2 N–H and O–H groups in total.